The van der Waals surface area contributed by atoms with Crippen molar-refractivity contribution in [2.75, 3.05) is 0 Å². The standard InChI is InChI=1S/C17H16N2S/c1-10-9-14-16(12-6-3-2-5-11(10)12)18-17-19(14)13-7-4-8-15(13)20-17/h2-3,5-6,10H,4,7-9H2,1H3. The van der Waals surface area contributed by atoms with Crippen molar-refractivity contribution in [3.05, 3.63) is 46.1 Å². The molecule has 2 aliphatic rings. The van der Waals surface area contributed by atoms with Crippen molar-refractivity contribution in [3.63, 3.8) is 0 Å². The van der Waals surface area contributed by atoms with Crippen molar-refractivity contribution < 1.29 is 0 Å². The molecule has 0 spiro atoms. The fraction of sp³-hybridized carbons (Fsp3) is 0.353. The number of fused-ring (bicyclic) bond motifs is 7. The molecule has 0 saturated carbocycles. The van der Waals surface area contributed by atoms with Crippen LogP contribution in [0.2, 0.25) is 0 Å². The number of imidazole rings is 1. The monoisotopic (exact) mass is 280 g/mol. The summed E-state index contributed by atoms with van der Waals surface area (Å²) in [6.07, 6.45) is 4.92. The highest BCUT2D eigenvalue weighted by atomic mass is 32.1. The molecule has 1 unspecified atom stereocenters. The van der Waals surface area contributed by atoms with E-state index in [2.05, 4.69) is 35.6 Å². The Labute approximate surface area is 122 Å². The summed E-state index contributed by atoms with van der Waals surface area (Å²) in [6.45, 7) is 2.34. The quantitative estimate of drug-likeness (QED) is 0.603. The Morgan fingerprint density at radius 2 is 2.10 bits per heavy atom. The van der Waals surface area contributed by atoms with Crippen LogP contribution in [0.4, 0.5) is 0 Å². The third-order valence-corrected chi connectivity index (χ3v) is 5.95. The molecule has 1 aromatic carbocycles. The van der Waals surface area contributed by atoms with Gasteiger partial charge in [0.2, 0.25) is 0 Å². The lowest BCUT2D eigenvalue weighted by Crippen LogP contribution is -2.10. The molecule has 0 N–H and O–H groups in total. The Morgan fingerprint density at radius 1 is 1.20 bits per heavy atom. The van der Waals surface area contributed by atoms with Gasteiger partial charge in [-0.05, 0) is 37.2 Å². The van der Waals surface area contributed by atoms with E-state index in [1.54, 1.807) is 10.6 Å². The molecule has 0 aliphatic heterocycles. The molecule has 1 atom stereocenters. The summed E-state index contributed by atoms with van der Waals surface area (Å²) in [5, 5.41) is 0. The van der Waals surface area contributed by atoms with Gasteiger partial charge in [-0.15, -0.1) is 11.3 Å². The van der Waals surface area contributed by atoms with Crippen molar-refractivity contribution >= 4 is 16.3 Å². The molecule has 0 radical (unpaired) electrons. The third-order valence-electron chi connectivity index (χ3n) is 4.81. The second-order valence-electron chi connectivity index (χ2n) is 6.04. The van der Waals surface area contributed by atoms with Crippen LogP contribution in [0.3, 0.4) is 0 Å². The van der Waals surface area contributed by atoms with Gasteiger partial charge >= 0.3 is 0 Å². The van der Waals surface area contributed by atoms with Crippen LogP contribution in [-0.2, 0) is 19.3 Å². The number of aromatic nitrogens is 2. The van der Waals surface area contributed by atoms with E-state index < -0.39 is 0 Å². The molecule has 3 aromatic rings. The van der Waals surface area contributed by atoms with Crippen LogP contribution in [0.15, 0.2) is 24.3 Å². The Hall–Kier alpha value is -1.61. The first-order chi connectivity index (χ1) is 9.83. The zero-order chi connectivity index (χ0) is 13.3. The van der Waals surface area contributed by atoms with E-state index >= 15 is 0 Å². The van der Waals surface area contributed by atoms with Gasteiger partial charge in [0, 0.05) is 16.1 Å². The van der Waals surface area contributed by atoms with Crippen LogP contribution < -0.4 is 0 Å². The van der Waals surface area contributed by atoms with E-state index in [4.69, 9.17) is 4.98 Å². The van der Waals surface area contributed by atoms with Gasteiger partial charge in [-0.25, -0.2) is 4.98 Å². The number of rotatable bonds is 0. The molecule has 0 saturated heterocycles. The minimum atomic E-state index is 0.593. The molecule has 0 bridgehead atoms. The van der Waals surface area contributed by atoms with Gasteiger partial charge in [-0.3, -0.25) is 4.40 Å². The lowest BCUT2D eigenvalue weighted by molar-refractivity contribution is 0.719. The Bertz CT molecular complexity index is 840. The maximum atomic E-state index is 4.97. The summed E-state index contributed by atoms with van der Waals surface area (Å²) in [4.78, 5) is 7.76. The molecule has 100 valence electrons. The van der Waals surface area contributed by atoms with Crippen molar-refractivity contribution in [1.82, 2.24) is 9.38 Å². The highest BCUT2D eigenvalue weighted by Crippen LogP contribution is 2.42. The Balaban J connectivity index is 1.86. The average molecular weight is 280 g/mol. The predicted octanol–water partition coefficient (Wildman–Crippen LogP) is 4.21. The van der Waals surface area contributed by atoms with Crippen LogP contribution in [0.25, 0.3) is 16.2 Å². The first kappa shape index (κ1) is 11.1. The van der Waals surface area contributed by atoms with Crippen molar-refractivity contribution in [1.29, 1.82) is 0 Å². The van der Waals surface area contributed by atoms with E-state index in [1.165, 1.54) is 46.7 Å². The zero-order valence-corrected chi connectivity index (χ0v) is 12.3. The molecule has 0 fully saturated rings. The van der Waals surface area contributed by atoms with E-state index in [-0.39, 0.29) is 0 Å². The summed E-state index contributed by atoms with van der Waals surface area (Å²) < 4.78 is 2.48. The van der Waals surface area contributed by atoms with Gasteiger partial charge < -0.3 is 0 Å². The highest BCUT2D eigenvalue weighted by Gasteiger charge is 2.29. The van der Waals surface area contributed by atoms with Crippen LogP contribution >= 0.6 is 11.3 Å². The summed E-state index contributed by atoms with van der Waals surface area (Å²) in [6, 6.07) is 8.79. The smallest absolute Gasteiger partial charge is 0.194 e. The molecule has 2 aliphatic carbocycles. The van der Waals surface area contributed by atoms with Gasteiger partial charge in [0.15, 0.2) is 4.96 Å². The zero-order valence-electron chi connectivity index (χ0n) is 11.5. The van der Waals surface area contributed by atoms with Crippen molar-refractivity contribution in [2.24, 2.45) is 0 Å². The van der Waals surface area contributed by atoms with Gasteiger partial charge in [0.1, 0.15) is 0 Å². The molecular formula is C17H16N2S. The first-order valence-corrected chi connectivity index (χ1v) is 8.26. The lowest BCUT2D eigenvalue weighted by Gasteiger charge is -2.22. The van der Waals surface area contributed by atoms with Crippen LogP contribution in [0.5, 0.6) is 0 Å². The first-order valence-electron chi connectivity index (χ1n) is 7.44. The van der Waals surface area contributed by atoms with Crippen LogP contribution in [-0.4, -0.2) is 9.38 Å². The average Bonchev–Trinajstić information content (AvgIpc) is 3.10. The molecule has 20 heavy (non-hydrogen) atoms. The van der Waals surface area contributed by atoms with E-state index in [9.17, 15) is 0 Å². The van der Waals surface area contributed by atoms with E-state index in [0.717, 1.165) is 6.42 Å². The number of hydrogen-bond donors (Lipinski definition) is 0. The summed E-state index contributed by atoms with van der Waals surface area (Å²) in [7, 11) is 0. The highest BCUT2D eigenvalue weighted by molar-refractivity contribution is 7.17. The second-order valence-corrected chi connectivity index (χ2v) is 7.11. The maximum absolute atomic E-state index is 4.97. The topological polar surface area (TPSA) is 17.3 Å². The number of aryl methyl sites for hydroxylation is 2. The predicted molar refractivity (Wildman–Crippen MR) is 82.6 cm³/mol. The number of benzene rings is 1. The van der Waals surface area contributed by atoms with E-state index in [0.29, 0.717) is 5.92 Å². The third kappa shape index (κ3) is 1.27. The summed E-state index contributed by atoms with van der Waals surface area (Å²) in [5.74, 6) is 0.593. The molecule has 2 aromatic heterocycles. The van der Waals surface area contributed by atoms with Crippen molar-refractivity contribution in [3.8, 4) is 11.3 Å². The molecule has 5 rings (SSSR count). The van der Waals surface area contributed by atoms with Crippen LogP contribution in [0.1, 0.15) is 41.1 Å². The number of thiazole rings is 1. The lowest BCUT2D eigenvalue weighted by atomic mass is 9.84. The van der Waals surface area contributed by atoms with Gasteiger partial charge in [0.05, 0.1) is 11.4 Å². The SMILES string of the molecule is CC1Cc2c(nc3sc4c(n23)CCC4)-c2ccccc21. The van der Waals surface area contributed by atoms with Crippen LogP contribution in [0, 0.1) is 0 Å². The Kier molecular flexibility index (Phi) is 2.07. The molecule has 0 amide bonds. The van der Waals surface area contributed by atoms with Crippen molar-refractivity contribution in [2.45, 2.75) is 38.5 Å². The minimum Gasteiger partial charge on any atom is -0.291 e. The summed E-state index contributed by atoms with van der Waals surface area (Å²) in [5.41, 5.74) is 7.04. The second kappa shape index (κ2) is 3.73. The van der Waals surface area contributed by atoms with Gasteiger partial charge in [-0.2, -0.15) is 0 Å². The molecule has 3 heteroatoms. The summed E-state index contributed by atoms with van der Waals surface area (Å²) >= 11 is 1.91. The maximum Gasteiger partial charge on any atom is 0.194 e. The molecular weight excluding hydrogens is 264 g/mol. The largest absolute Gasteiger partial charge is 0.291 e. The molecule has 2 heterocycles. The van der Waals surface area contributed by atoms with Gasteiger partial charge in [0.25, 0.3) is 0 Å². The fourth-order valence-electron chi connectivity index (χ4n) is 3.88. The van der Waals surface area contributed by atoms with Gasteiger partial charge in [-0.1, -0.05) is 31.2 Å². The fourth-order valence-corrected chi connectivity index (χ4v) is 5.11. The molecule has 2 nitrogen and oxygen atoms in total. The normalized spacial score (nSPS) is 19.9. The number of nitrogens with zero attached hydrogens (tertiary/aromatic N) is 2. The van der Waals surface area contributed by atoms with E-state index in [1.807, 2.05) is 11.3 Å². The Morgan fingerprint density at radius 3 is 3.05 bits per heavy atom. The number of hydrogen-bond acceptors (Lipinski definition) is 2. The minimum absolute atomic E-state index is 0.593.